The summed E-state index contributed by atoms with van der Waals surface area (Å²) >= 11 is 0.0952. The fourth-order valence-corrected chi connectivity index (χ4v) is 8.11. The van der Waals surface area contributed by atoms with Crippen molar-refractivity contribution in [3.05, 3.63) is 84.9 Å². The Hall–Kier alpha value is -3.14. The van der Waals surface area contributed by atoms with E-state index in [0.29, 0.717) is 0 Å². The molecular weight excluding hydrogens is 530 g/mol. The molecule has 0 unspecified atom stereocenters. The van der Waals surface area contributed by atoms with Gasteiger partial charge in [0.05, 0.1) is 0 Å². The molecule has 32 heavy (non-hydrogen) atoms. The molecule has 0 saturated carbocycles. The Bertz CT molecular complexity index is 1500. The second kappa shape index (κ2) is 7.77. The number of benzene rings is 4. The average molecular weight is 546 g/mol. The van der Waals surface area contributed by atoms with E-state index in [2.05, 4.69) is 36.4 Å². The summed E-state index contributed by atoms with van der Waals surface area (Å²) in [5, 5.41) is 20.4. The van der Waals surface area contributed by atoms with Gasteiger partial charge in [-0.25, -0.2) is 0 Å². The van der Waals surface area contributed by atoms with Gasteiger partial charge in [-0.1, -0.05) is 0 Å². The van der Waals surface area contributed by atoms with Gasteiger partial charge in [0, 0.05) is 0 Å². The van der Waals surface area contributed by atoms with Crippen LogP contribution in [0.3, 0.4) is 0 Å². The Labute approximate surface area is 196 Å². The Morgan fingerprint density at radius 2 is 0.969 bits per heavy atom. The number of nitrogens with zero attached hydrogens (tertiary/aromatic N) is 2. The van der Waals surface area contributed by atoms with Crippen LogP contribution in [0.2, 0.25) is 0 Å². The summed E-state index contributed by atoms with van der Waals surface area (Å²) in [6.07, 6.45) is 0. The maximum atomic E-state index is 10.2. The van der Waals surface area contributed by atoms with E-state index < -0.39 is 0 Å². The molecule has 6 heteroatoms. The number of fused-ring (bicyclic) bond motifs is 2. The van der Waals surface area contributed by atoms with E-state index in [9.17, 15) is 10.2 Å². The third kappa shape index (κ3) is 3.38. The normalized spacial score (nSPS) is 11.4. The molecule has 0 radical (unpaired) electrons. The van der Waals surface area contributed by atoms with Crippen molar-refractivity contribution in [1.29, 1.82) is 0 Å². The number of para-hydroxylation sites is 2. The molecule has 0 aliphatic rings. The Morgan fingerprint density at radius 3 is 1.41 bits per heavy atom. The summed E-state index contributed by atoms with van der Waals surface area (Å²) in [6.45, 7) is 0. The van der Waals surface area contributed by atoms with Crippen LogP contribution < -0.4 is 0 Å². The predicted molar refractivity (Wildman–Crippen MR) is 131 cm³/mol. The van der Waals surface area contributed by atoms with Crippen molar-refractivity contribution >= 4 is 48.6 Å². The Balaban J connectivity index is 1.41. The minimum atomic E-state index is 0.0476. The summed E-state index contributed by atoms with van der Waals surface area (Å²) in [7, 11) is 0. The van der Waals surface area contributed by atoms with E-state index in [1.54, 1.807) is 12.1 Å². The first-order valence-corrected chi connectivity index (χ1v) is 13.5. The van der Waals surface area contributed by atoms with Crippen LogP contribution >= 0.6 is 0 Å². The number of phenolic OH excluding ortho intramolecular Hbond substituents is 2. The van der Waals surface area contributed by atoms with Gasteiger partial charge in [0.1, 0.15) is 0 Å². The predicted octanol–water partition coefficient (Wildman–Crippen LogP) is 5.31. The summed E-state index contributed by atoms with van der Waals surface area (Å²) in [5.41, 5.74) is 5.94. The summed E-state index contributed by atoms with van der Waals surface area (Å²) in [4.78, 5) is 9.55. The van der Waals surface area contributed by atoms with Crippen LogP contribution in [0.25, 0.3) is 50.9 Å². The van der Waals surface area contributed by atoms with Crippen LogP contribution in [-0.4, -0.2) is 49.2 Å². The minimum absolute atomic E-state index is 0.0476. The fourth-order valence-electron chi connectivity index (χ4n) is 3.75. The zero-order valence-electron chi connectivity index (χ0n) is 16.7. The molecule has 0 amide bonds. The summed E-state index contributed by atoms with van der Waals surface area (Å²) < 4.78 is 4.37. The molecule has 0 aliphatic heterocycles. The van der Waals surface area contributed by atoms with Gasteiger partial charge in [0.25, 0.3) is 0 Å². The van der Waals surface area contributed by atoms with Crippen molar-refractivity contribution in [2.24, 2.45) is 0 Å². The molecule has 154 valence electrons. The molecular formula is C26H16N2O2Se2. The van der Waals surface area contributed by atoms with Crippen LogP contribution in [0, 0.1) is 0 Å². The van der Waals surface area contributed by atoms with E-state index in [1.807, 2.05) is 36.4 Å². The zero-order chi connectivity index (χ0) is 21.7. The van der Waals surface area contributed by atoms with Crippen molar-refractivity contribution in [1.82, 2.24) is 9.97 Å². The third-order valence-corrected chi connectivity index (χ3v) is 9.79. The average Bonchev–Trinajstić information content (AvgIpc) is 3.42. The van der Waals surface area contributed by atoms with E-state index in [0.717, 1.165) is 42.4 Å². The Morgan fingerprint density at radius 1 is 0.531 bits per heavy atom. The van der Waals surface area contributed by atoms with Crippen molar-refractivity contribution in [2.45, 2.75) is 0 Å². The molecule has 4 nitrogen and oxygen atoms in total. The fraction of sp³-hybridized carbons (Fsp3) is 0. The number of aromatic nitrogens is 2. The molecule has 6 rings (SSSR count). The molecule has 0 aliphatic carbocycles. The second-order valence-corrected chi connectivity index (χ2v) is 11.8. The molecule has 0 bridgehead atoms. The molecule has 4 aromatic carbocycles. The number of hydrogen-bond acceptors (Lipinski definition) is 4. The summed E-state index contributed by atoms with van der Waals surface area (Å²) in [5.74, 6) is 0.560. The Kier molecular flexibility index (Phi) is 4.74. The van der Waals surface area contributed by atoms with Gasteiger partial charge in [0.2, 0.25) is 0 Å². The molecule has 0 saturated heterocycles. The van der Waals surface area contributed by atoms with Gasteiger partial charge >= 0.3 is 197 Å². The monoisotopic (exact) mass is 548 g/mol. The quantitative estimate of drug-likeness (QED) is 0.296. The van der Waals surface area contributed by atoms with E-state index >= 15 is 0 Å². The molecule has 0 atom stereocenters. The zero-order valence-corrected chi connectivity index (χ0v) is 20.1. The first-order chi connectivity index (χ1) is 15.7. The molecule has 6 aromatic rings. The van der Waals surface area contributed by atoms with Crippen LogP contribution in [0.15, 0.2) is 84.9 Å². The number of hydrogen-bond donors (Lipinski definition) is 2. The topological polar surface area (TPSA) is 66.2 Å². The number of phenols is 2. The molecule has 0 fully saturated rings. The van der Waals surface area contributed by atoms with Crippen LogP contribution in [-0.2, 0) is 0 Å². The molecule has 2 heterocycles. The number of aromatic hydroxyl groups is 2. The first-order valence-electron chi connectivity index (χ1n) is 10.0. The van der Waals surface area contributed by atoms with Crippen molar-refractivity contribution in [2.75, 3.05) is 0 Å². The van der Waals surface area contributed by atoms with E-state index in [-0.39, 0.29) is 40.5 Å². The van der Waals surface area contributed by atoms with Gasteiger partial charge in [-0.3, -0.25) is 0 Å². The van der Waals surface area contributed by atoms with E-state index in [1.165, 1.54) is 8.52 Å². The first kappa shape index (κ1) is 19.5. The van der Waals surface area contributed by atoms with Crippen molar-refractivity contribution < 1.29 is 10.2 Å². The molecule has 0 spiro atoms. The number of rotatable bonds is 3. The second-order valence-electron chi connectivity index (χ2n) is 7.44. The van der Waals surface area contributed by atoms with E-state index in [4.69, 9.17) is 9.97 Å². The van der Waals surface area contributed by atoms with Gasteiger partial charge < -0.3 is 0 Å². The van der Waals surface area contributed by atoms with Crippen molar-refractivity contribution in [3.63, 3.8) is 0 Å². The standard InChI is InChI=1S/C26H16N2O2Se2/c29-21-7-3-1-5-17(21)25-27-19-11-9-15(13-23(19)31-25)16-10-12-20-24(14-16)32-26(28-20)18-6-2-4-8-22(18)30/h1-14,29-30H. The summed E-state index contributed by atoms with van der Waals surface area (Å²) in [6, 6.07) is 27.6. The van der Waals surface area contributed by atoms with Crippen LogP contribution in [0.1, 0.15) is 0 Å². The van der Waals surface area contributed by atoms with Gasteiger partial charge in [-0.2, -0.15) is 0 Å². The van der Waals surface area contributed by atoms with Crippen LogP contribution in [0.5, 0.6) is 11.5 Å². The third-order valence-electron chi connectivity index (χ3n) is 5.38. The van der Waals surface area contributed by atoms with Gasteiger partial charge in [0.15, 0.2) is 0 Å². The molecule has 2 N–H and O–H groups in total. The van der Waals surface area contributed by atoms with Gasteiger partial charge in [-0.05, 0) is 0 Å². The van der Waals surface area contributed by atoms with Crippen LogP contribution in [0.4, 0.5) is 0 Å². The molecule has 2 aromatic heterocycles. The SMILES string of the molecule is Oc1ccccc1-c1nc2ccc(-c3ccc4nc(-c5ccccc5O)[se]c4c3)cc2[se]1. The maximum absolute atomic E-state index is 10.2. The van der Waals surface area contributed by atoms with Gasteiger partial charge in [-0.15, -0.1) is 0 Å². The van der Waals surface area contributed by atoms with Crippen molar-refractivity contribution in [3.8, 4) is 42.9 Å².